The van der Waals surface area contributed by atoms with E-state index in [4.69, 9.17) is 0 Å². The Balaban J connectivity index is 1.39. The number of amides is 1. The number of rotatable bonds is 4. The molecule has 0 unspecified atom stereocenters. The summed E-state index contributed by atoms with van der Waals surface area (Å²) in [5, 5.41) is 4.36. The van der Waals surface area contributed by atoms with Crippen LogP contribution in [0, 0.1) is 0 Å². The summed E-state index contributed by atoms with van der Waals surface area (Å²) in [5.74, 6) is 0.0683. The zero-order chi connectivity index (χ0) is 18.5. The molecule has 5 heteroatoms. The lowest BCUT2D eigenvalue weighted by Gasteiger charge is -2.21. The SMILES string of the molecule is O=C(c1cnn(-c2ccccc2)c1)N1CCCN(Cc2ccccc2)CC1. The highest BCUT2D eigenvalue weighted by Gasteiger charge is 2.21. The van der Waals surface area contributed by atoms with E-state index in [0.29, 0.717) is 5.56 Å². The van der Waals surface area contributed by atoms with Crippen molar-refractivity contribution < 1.29 is 4.79 Å². The van der Waals surface area contributed by atoms with Gasteiger partial charge in [-0.3, -0.25) is 9.69 Å². The van der Waals surface area contributed by atoms with Crippen LogP contribution in [0.1, 0.15) is 22.3 Å². The second kappa shape index (κ2) is 8.18. The van der Waals surface area contributed by atoms with Crippen LogP contribution in [0.25, 0.3) is 5.69 Å². The topological polar surface area (TPSA) is 41.4 Å². The standard InChI is InChI=1S/C22H24N4O/c27-22(20-16-23-26(18-20)21-10-5-2-6-11-21)25-13-7-12-24(14-15-25)17-19-8-3-1-4-9-19/h1-6,8-11,16,18H,7,12-15,17H2. The number of nitrogens with zero attached hydrogens (tertiary/aromatic N) is 4. The zero-order valence-electron chi connectivity index (χ0n) is 15.4. The van der Waals surface area contributed by atoms with Crippen molar-refractivity contribution in [3.8, 4) is 5.69 Å². The molecule has 27 heavy (non-hydrogen) atoms. The summed E-state index contributed by atoms with van der Waals surface area (Å²) in [5.41, 5.74) is 2.93. The van der Waals surface area contributed by atoms with Crippen molar-refractivity contribution in [2.75, 3.05) is 26.2 Å². The van der Waals surface area contributed by atoms with E-state index in [1.54, 1.807) is 10.9 Å². The molecule has 1 fully saturated rings. The van der Waals surface area contributed by atoms with Gasteiger partial charge in [0.1, 0.15) is 0 Å². The van der Waals surface area contributed by atoms with Gasteiger partial charge in [0.15, 0.2) is 0 Å². The lowest BCUT2D eigenvalue weighted by atomic mass is 10.2. The highest BCUT2D eigenvalue weighted by atomic mass is 16.2. The van der Waals surface area contributed by atoms with Gasteiger partial charge in [-0.2, -0.15) is 5.10 Å². The normalized spacial score (nSPS) is 15.5. The van der Waals surface area contributed by atoms with Crippen LogP contribution in [0.5, 0.6) is 0 Å². The van der Waals surface area contributed by atoms with E-state index < -0.39 is 0 Å². The van der Waals surface area contributed by atoms with Gasteiger partial charge >= 0.3 is 0 Å². The first-order valence-corrected chi connectivity index (χ1v) is 9.45. The van der Waals surface area contributed by atoms with E-state index in [1.807, 2.05) is 47.5 Å². The number of hydrogen-bond acceptors (Lipinski definition) is 3. The number of aromatic nitrogens is 2. The summed E-state index contributed by atoms with van der Waals surface area (Å²) >= 11 is 0. The molecular weight excluding hydrogens is 336 g/mol. The number of carbonyl (C=O) groups is 1. The molecule has 138 valence electrons. The smallest absolute Gasteiger partial charge is 0.257 e. The molecule has 0 saturated carbocycles. The van der Waals surface area contributed by atoms with Gasteiger partial charge in [0.2, 0.25) is 0 Å². The van der Waals surface area contributed by atoms with Crippen LogP contribution in [-0.2, 0) is 6.54 Å². The Hall–Kier alpha value is -2.92. The molecule has 5 nitrogen and oxygen atoms in total. The molecule has 0 atom stereocenters. The minimum absolute atomic E-state index is 0.0683. The molecule has 0 radical (unpaired) electrons. The molecule has 2 heterocycles. The Labute approximate surface area is 159 Å². The first-order chi connectivity index (χ1) is 13.3. The molecule has 0 bridgehead atoms. The fourth-order valence-electron chi connectivity index (χ4n) is 3.51. The van der Waals surface area contributed by atoms with Gasteiger partial charge in [0, 0.05) is 38.9 Å². The third-order valence-corrected chi connectivity index (χ3v) is 4.98. The Bertz CT molecular complexity index is 876. The lowest BCUT2D eigenvalue weighted by molar-refractivity contribution is 0.0761. The third-order valence-electron chi connectivity index (χ3n) is 4.98. The molecule has 3 aromatic rings. The highest BCUT2D eigenvalue weighted by Crippen LogP contribution is 2.13. The average Bonchev–Trinajstić information content (AvgIpc) is 3.10. The van der Waals surface area contributed by atoms with Crippen LogP contribution in [0.4, 0.5) is 0 Å². The van der Waals surface area contributed by atoms with Gasteiger partial charge < -0.3 is 4.90 Å². The first-order valence-electron chi connectivity index (χ1n) is 9.45. The highest BCUT2D eigenvalue weighted by molar-refractivity contribution is 5.93. The molecule has 2 aromatic carbocycles. The molecule has 0 spiro atoms. The second-order valence-electron chi connectivity index (χ2n) is 6.92. The van der Waals surface area contributed by atoms with E-state index in [0.717, 1.165) is 44.8 Å². The molecule has 1 aliphatic heterocycles. The van der Waals surface area contributed by atoms with E-state index in [9.17, 15) is 4.79 Å². The minimum Gasteiger partial charge on any atom is -0.337 e. The summed E-state index contributed by atoms with van der Waals surface area (Å²) in [6.07, 6.45) is 4.48. The predicted molar refractivity (Wildman–Crippen MR) is 106 cm³/mol. The number of benzene rings is 2. The number of para-hydroxylation sites is 1. The summed E-state index contributed by atoms with van der Waals surface area (Å²) in [4.78, 5) is 17.3. The molecule has 4 rings (SSSR count). The maximum atomic E-state index is 12.9. The van der Waals surface area contributed by atoms with Crippen molar-refractivity contribution in [3.63, 3.8) is 0 Å². The van der Waals surface area contributed by atoms with E-state index in [1.165, 1.54) is 5.56 Å². The van der Waals surface area contributed by atoms with Crippen LogP contribution < -0.4 is 0 Å². The Kier molecular flexibility index (Phi) is 5.30. The van der Waals surface area contributed by atoms with Gasteiger partial charge in [0.05, 0.1) is 17.4 Å². The minimum atomic E-state index is 0.0683. The maximum Gasteiger partial charge on any atom is 0.257 e. The Morgan fingerprint density at radius 2 is 1.63 bits per heavy atom. The van der Waals surface area contributed by atoms with Gasteiger partial charge in [-0.15, -0.1) is 0 Å². The van der Waals surface area contributed by atoms with Crippen molar-refractivity contribution in [2.45, 2.75) is 13.0 Å². The molecule has 0 N–H and O–H groups in total. The zero-order valence-corrected chi connectivity index (χ0v) is 15.4. The average molecular weight is 360 g/mol. The van der Waals surface area contributed by atoms with Crippen LogP contribution >= 0.6 is 0 Å². The fourth-order valence-corrected chi connectivity index (χ4v) is 3.51. The maximum absolute atomic E-state index is 12.9. The molecule has 1 saturated heterocycles. The molecule has 0 aliphatic carbocycles. The monoisotopic (exact) mass is 360 g/mol. The van der Waals surface area contributed by atoms with Gasteiger partial charge in [-0.1, -0.05) is 48.5 Å². The lowest BCUT2D eigenvalue weighted by Crippen LogP contribution is -2.35. The van der Waals surface area contributed by atoms with Gasteiger partial charge in [0.25, 0.3) is 5.91 Å². The molecular formula is C22H24N4O. The van der Waals surface area contributed by atoms with Crippen molar-refractivity contribution in [2.24, 2.45) is 0 Å². The Morgan fingerprint density at radius 3 is 2.41 bits per heavy atom. The van der Waals surface area contributed by atoms with Crippen LogP contribution in [0.15, 0.2) is 73.1 Å². The van der Waals surface area contributed by atoms with E-state index >= 15 is 0 Å². The van der Waals surface area contributed by atoms with Crippen LogP contribution in [-0.4, -0.2) is 51.7 Å². The van der Waals surface area contributed by atoms with Crippen molar-refractivity contribution in [1.29, 1.82) is 0 Å². The first kappa shape index (κ1) is 17.5. The van der Waals surface area contributed by atoms with Crippen LogP contribution in [0.2, 0.25) is 0 Å². The van der Waals surface area contributed by atoms with Crippen LogP contribution in [0.3, 0.4) is 0 Å². The molecule has 1 amide bonds. The molecule has 1 aliphatic rings. The van der Waals surface area contributed by atoms with Gasteiger partial charge in [-0.25, -0.2) is 4.68 Å². The number of carbonyl (C=O) groups excluding carboxylic acids is 1. The quantitative estimate of drug-likeness (QED) is 0.717. The Morgan fingerprint density at radius 1 is 0.889 bits per heavy atom. The molecule has 1 aromatic heterocycles. The van der Waals surface area contributed by atoms with E-state index in [-0.39, 0.29) is 5.91 Å². The van der Waals surface area contributed by atoms with Crippen molar-refractivity contribution in [3.05, 3.63) is 84.2 Å². The van der Waals surface area contributed by atoms with Crippen molar-refractivity contribution in [1.82, 2.24) is 19.6 Å². The van der Waals surface area contributed by atoms with E-state index in [2.05, 4.69) is 34.3 Å². The second-order valence-corrected chi connectivity index (χ2v) is 6.92. The summed E-state index contributed by atoms with van der Waals surface area (Å²) in [6, 6.07) is 20.4. The summed E-state index contributed by atoms with van der Waals surface area (Å²) in [6.45, 7) is 4.40. The van der Waals surface area contributed by atoms with Crippen molar-refractivity contribution >= 4 is 5.91 Å². The van der Waals surface area contributed by atoms with Gasteiger partial charge in [-0.05, 0) is 24.1 Å². The number of hydrogen-bond donors (Lipinski definition) is 0. The fraction of sp³-hybridized carbons (Fsp3) is 0.273. The summed E-state index contributed by atoms with van der Waals surface area (Å²) < 4.78 is 1.76. The predicted octanol–water partition coefficient (Wildman–Crippen LogP) is 3.22. The largest absolute Gasteiger partial charge is 0.337 e. The third kappa shape index (κ3) is 4.26. The summed E-state index contributed by atoms with van der Waals surface area (Å²) in [7, 11) is 0.